The van der Waals surface area contributed by atoms with Crippen LogP contribution in [0.25, 0.3) is 0 Å². The van der Waals surface area contributed by atoms with Gasteiger partial charge in [0.1, 0.15) is 5.82 Å². The molecule has 2 aromatic rings. The summed E-state index contributed by atoms with van der Waals surface area (Å²) in [5.74, 6) is 0.442. The van der Waals surface area contributed by atoms with E-state index >= 15 is 0 Å². The van der Waals surface area contributed by atoms with Crippen molar-refractivity contribution in [3.05, 3.63) is 53.7 Å². The second-order valence-corrected chi connectivity index (χ2v) is 4.72. The maximum absolute atomic E-state index is 12.1. The van der Waals surface area contributed by atoms with E-state index in [-0.39, 0.29) is 5.91 Å². The van der Waals surface area contributed by atoms with E-state index in [9.17, 15) is 4.79 Å². The molecule has 0 aliphatic heterocycles. The normalized spacial score (nSPS) is 10.1. The molecule has 0 spiro atoms. The molecule has 0 unspecified atom stereocenters. The summed E-state index contributed by atoms with van der Waals surface area (Å²) in [5.41, 5.74) is 1.74. The first-order chi connectivity index (χ1) is 8.70. The van der Waals surface area contributed by atoms with Crippen molar-refractivity contribution >= 4 is 23.5 Å². The number of nitrogens with zero attached hydrogens (tertiary/aromatic N) is 1. The van der Waals surface area contributed by atoms with Crippen LogP contribution in [0.5, 0.6) is 0 Å². The van der Waals surface area contributed by atoms with E-state index in [1.165, 1.54) is 0 Å². The molecule has 0 aliphatic rings. The summed E-state index contributed by atoms with van der Waals surface area (Å²) in [7, 11) is 0. The molecule has 1 heterocycles. The van der Waals surface area contributed by atoms with E-state index in [4.69, 9.17) is 0 Å². The number of thioether (sulfide) groups is 1. The molecule has 1 aromatic carbocycles. The summed E-state index contributed by atoms with van der Waals surface area (Å²) in [6, 6.07) is 11.2. The number of pyridine rings is 1. The third-order valence-corrected chi connectivity index (χ3v) is 3.30. The SMILES string of the molecule is CSc1ccccc1C(=O)Nc1ccc(C)cn1. The van der Waals surface area contributed by atoms with Crippen LogP contribution < -0.4 is 5.32 Å². The predicted octanol–water partition coefficient (Wildman–Crippen LogP) is 3.36. The van der Waals surface area contributed by atoms with Gasteiger partial charge < -0.3 is 5.32 Å². The number of hydrogen-bond acceptors (Lipinski definition) is 3. The van der Waals surface area contributed by atoms with Crippen molar-refractivity contribution in [2.24, 2.45) is 0 Å². The summed E-state index contributed by atoms with van der Waals surface area (Å²) >= 11 is 1.56. The molecule has 1 amide bonds. The van der Waals surface area contributed by atoms with Crippen LogP contribution in [0.1, 0.15) is 15.9 Å². The molecule has 18 heavy (non-hydrogen) atoms. The topological polar surface area (TPSA) is 42.0 Å². The largest absolute Gasteiger partial charge is 0.307 e. The molecule has 0 fully saturated rings. The van der Waals surface area contributed by atoms with Gasteiger partial charge in [0.2, 0.25) is 0 Å². The number of rotatable bonds is 3. The molecule has 0 aliphatic carbocycles. The van der Waals surface area contributed by atoms with Crippen LogP contribution in [0.4, 0.5) is 5.82 Å². The van der Waals surface area contributed by atoms with Crippen molar-refractivity contribution < 1.29 is 4.79 Å². The van der Waals surface area contributed by atoms with E-state index < -0.39 is 0 Å². The lowest BCUT2D eigenvalue weighted by molar-refractivity contribution is 0.102. The van der Waals surface area contributed by atoms with Gasteiger partial charge in [-0.15, -0.1) is 11.8 Å². The van der Waals surface area contributed by atoms with Crippen LogP contribution >= 0.6 is 11.8 Å². The summed E-state index contributed by atoms with van der Waals surface area (Å²) < 4.78 is 0. The average Bonchev–Trinajstić information content (AvgIpc) is 2.41. The average molecular weight is 258 g/mol. The molecule has 92 valence electrons. The number of anilines is 1. The molecule has 0 atom stereocenters. The second kappa shape index (κ2) is 5.69. The highest BCUT2D eigenvalue weighted by Crippen LogP contribution is 2.20. The second-order valence-electron chi connectivity index (χ2n) is 3.88. The van der Waals surface area contributed by atoms with Crippen molar-refractivity contribution in [3.8, 4) is 0 Å². The third-order valence-electron chi connectivity index (χ3n) is 2.50. The number of carbonyl (C=O) groups excluding carboxylic acids is 1. The molecule has 4 heteroatoms. The summed E-state index contributed by atoms with van der Waals surface area (Å²) in [5, 5.41) is 2.80. The quantitative estimate of drug-likeness (QED) is 0.858. The highest BCUT2D eigenvalue weighted by atomic mass is 32.2. The first kappa shape index (κ1) is 12.6. The Morgan fingerprint density at radius 3 is 2.67 bits per heavy atom. The maximum atomic E-state index is 12.1. The van der Waals surface area contributed by atoms with E-state index in [1.807, 2.05) is 43.5 Å². The minimum atomic E-state index is -0.128. The monoisotopic (exact) mass is 258 g/mol. The van der Waals surface area contributed by atoms with Crippen LogP contribution in [0, 0.1) is 6.92 Å². The lowest BCUT2D eigenvalue weighted by Gasteiger charge is -2.07. The molecule has 0 saturated carbocycles. The lowest BCUT2D eigenvalue weighted by atomic mass is 10.2. The first-order valence-electron chi connectivity index (χ1n) is 5.58. The number of nitrogens with one attached hydrogen (secondary N) is 1. The molecular weight excluding hydrogens is 244 g/mol. The van der Waals surface area contributed by atoms with Crippen molar-refractivity contribution in [1.82, 2.24) is 4.98 Å². The predicted molar refractivity (Wildman–Crippen MR) is 75.2 cm³/mol. The van der Waals surface area contributed by atoms with Crippen LogP contribution in [0.15, 0.2) is 47.5 Å². The number of carbonyl (C=O) groups is 1. The van der Waals surface area contributed by atoms with E-state index in [0.717, 1.165) is 10.5 Å². The minimum absolute atomic E-state index is 0.128. The zero-order valence-electron chi connectivity index (χ0n) is 10.3. The fraction of sp³-hybridized carbons (Fsp3) is 0.143. The van der Waals surface area contributed by atoms with Crippen LogP contribution in [0.2, 0.25) is 0 Å². The van der Waals surface area contributed by atoms with Gasteiger partial charge in [0.15, 0.2) is 0 Å². The first-order valence-corrected chi connectivity index (χ1v) is 6.80. The molecule has 1 N–H and O–H groups in total. The van der Waals surface area contributed by atoms with Crippen molar-refractivity contribution in [2.45, 2.75) is 11.8 Å². The number of benzene rings is 1. The molecule has 0 radical (unpaired) electrons. The van der Waals surface area contributed by atoms with E-state index in [2.05, 4.69) is 10.3 Å². The molecule has 1 aromatic heterocycles. The van der Waals surface area contributed by atoms with Crippen molar-refractivity contribution in [3.63, 3.8) is 0 Å². The lowest BCUT2D eigenvalue weighted by Crippen LogP contribution is -2.13. The van der Waals surface area contributed by atoms with Crippen molar-refractivity contribution in [1.29, 1.82) is 0 Å². The van der Waals surface area contributed by atoms with Crippen LogP contribution in [0.3, 0.4) is 0 Å². The Hall–Kier alpha value is -1.81. The third kappa shape index (κ3) is 2.90. The molecular formula is C14H14N2OS. The standard InChI is InChI=1S/C14H14N2OS/c1-10-7-8-13(15-9-10)16-14(17)11-5-3-4-6-12(11)18-2/h3-9H,1-2H3,(H,15,16,17). The Labute approximate surface area is 111 Å². The number of aromatic nitrogens is 1. The van der Waals surface area contributed by atoms with Gasteiger partial charge in [0, 0.05) is 11.1 Å². The molecule has 2 rings (SSSR count). The minimum Gasteiger partial charge on any atom is -0.307 e. The number of aryl methyl sites for hydroxylation is 1. The summed E-state index contributed by atoms with van der Waals surface area (Å²) in [6.07, 6.45) is 3.69. The Balaban J connectivity index is 2.19. The van der Waals surface area contributed by atoms with Gasteiger partial charge in [-0.25, -0.2) is 4.98 Å². The Morgan fingerprint density at radius 2 is 2.00 bits per heavy atom. The Bertz CT molecular complexity index is 552. The smallest absolute Gasteiger partial charge is 0.257 e. The van der Waals surface area contributed by atoms with Crippen LogP contribution in [-0.2, 0) is 0 Å². The Morgan fingerprint density at radius 1 is 1.22 bits per heavy atom. The van der Waals surface area contributed by atoms with E-state index in [1.54, 1.807) is 24.0 Å². The fourth-order valence-electron chi connectivity index (χ4n) is 1.56. The van der Waals surface area contributed by atoms with Gasteiger partial charge in [-0.05, 0) is 36.9 Å². The fourth-order valence-corrected chi connectivity index (χ4v) is 2.15. The van der Waals surface area contributed by atoms with Gasteiger partial charge in [0.05, 0.1) is 5.56 Å². The van der Waals surface area contributed by atoms with Gasteiger partial charge in [-0.3, -0.25) is 4.79 Å². The van der Waals surface area contributed by atoms with Crippen LogP contribution in [-0.4, -0.2) is 17.1 Å². The molecule has 3 nitrogen and oxygen atoms in total. The zero-order valence-corrected chi connectivity index (χ0v) is 11.1. The zero-order chi connectivity index (χ0) is 13.0. The van der Waals surface area contributed by atoms with Gasteiger partial charge in [-0.2, -0.15) is 0 Å². The highest BCUT2D eigenvalue weighted by Gasteiger charge is 2.10. The number of amides is 1. The Kier molecular flexibility index (Phi) is 3.99. The van der Waals surface area contributed by atoms with Gasteiger partial charge in [0.25, 0.3) is 5.91 Å². The highest BCUT2D eigenvalue weighted by molar-refractivity contribution is 7.98. The number of hydrogen-bond donors (Lipinski definition) is 1. The van der Waals surface area contributed by atoms with Gasteiger partial charge >= 0.3 is 0 Å². The van der Waals surface area contributed by atoms with E-state index in [0.29, 0.717) is 11.4 Å². The van der Waals surface area contributed by atoms with Crippen molar-refractivity contribution in [2.75, 3.05) is 11.6 Å². The summed E-state index contributed by atoms with van der Waals surface area (Å²) in [6.45, 7) is 1.96. The summed E-state index contributed by atoms with van der Waals surface area (Å²) in [4.78, 5) is 17.2. The maximum Gasteiger partial charge on any atom is 0.257 e. The molecule has 0 bridgehead atoms. The van der Waals surface area contributed by atoms with Gasteiger partial charge in [-0.1, -0.05) is 18.2 Å². The molecule has 0 saturated heterocycles.